The third-order valence-corrected chi connectivity index (χ3v) is 2.43. The van der Waals surface area contributed by atoms with Crippen molar-refractivity contribution in [2.45, 2.75) is 18.7 Å². The number of carbonyl (C=O) groups is 1. The quantitative estimate of drug-likeness (QED) is 0.893. The molecule has 3 nitrogen and oxygen atoms in total. The second-order valence-electron chi connectivity index (χ2n) is 3.56. The van der Waals surface area contributed by atoms with Gasteiger partial charge in [0.15, 0.2) is 0 Å². The maximum atomic E-state index is 12.9. The van der Waals surface area contributed by atoms with Crippen LogP contribution in [0.15, 0.2) is 24.3 Å². The highest BCUT2D eigenvalue weighted by Crippen LogP contribution is 2.42. The molecule has 0 aliphatic carbocycles. The van der Waals surface area contributed by atoms with Crippen LogP contribution < -0.4 is 0 Å². The number of aryl methyl sites for hydroxylation is 1. The predicted octanol–water partition coefficient (Wildman–Crippen LogP) is 2.48. The Hall–Kier alpha value is -1.56. The van der Waals surface area contributed by atoms with Gasteiger partial charge in [-0.25, -0.2) is 4.79 Å². The van der Waals surface area contributed by atoms with E-state index in [1.54, 1.807) is 13.0 Å². The average molecular weight is 248 g/mol. The molecule has 0 saturated carbocycles. The summed E-state index contributed by atoms with van der Waals surface area (Å²) in [4.78, 5) is 11.0. The van der Waals surface area contributed by atoms with Gasteiger partial charge in [0, 0.05) is 12.7 Å². The van der Waals surface area contributed by atoms with Crippen LogP contribution in [0.25, 0.3) is 0 Å². The summed E-state index contributed by atoms with van der Waals surface area (Å²) >= 11 is 0. The normalized spacial score (nSPS) is 15.4. The molecule has 0 saturated heterocycles. The number of rotatable bonds is 3. The molecule has 17 heavy (non-hydrogen) atoms. The topological polar surface area (TPSA) is 46.5 Å². The summed E-state index contributed by atoms with van der Waals surface area (Å²) in [7, 11) is 0.726. The summed E-state index contributed by atoms with van der Waals surface area (Å²) in [5, 5.41) is 8.86. The molecule has 0 heterocycles. The Bertz CT molecular complexity index is 428. The van der Waals surface area contributed by atoms with Crippen LogP contribution in [0, 0.1) is 6.92 Å². The number of aliphatic carboxylic acids is 1. The van der Waals surface area contributed by atoms with E-state index in [9.17, 15) is 18.0 Å². The zero-order valence-electron chi connectivity index (χ0n) is 9.21. The lowest BCUT2D eigenvalue weighted by Crippen LogP contribution is -2.50. The fourth-order valence-electron chi connectivity index (χ4n) is 1.59. The molecule has 0 aliphatic rings. The van der Waals surface area contributed by atoms with E-state index < -0.39 is 23.3 Å². The smallest absolute Gasteiger partial charge is 0.432 e. The van der Waals surface area contributed by atoms with Crippen molar-refractivity contribution in [3.05, 3.63) is 35.4 Å². The van der Waals surface area contributed by atoms with E-state index in [0.717, 1.165) is 19.2 Å². The largest absolute Gasteiger partial charge is 0.479 e. The van der Waals surface area contributed by atoms with Crippen LogP contribution in [-0.4, -0.2) is 24.4 Å². The molecule has 0 aliphatic heterocycles. The highest BCUT2D eigenvalue weighted by molar-refractivity contribution is 5.80. The molecule has 1 aromatic carbocycles. The monoisotopic (exact) mass is 248 g/mol. The summed E-state index contributed by atoms with van der Waals surface area (Å²) in [6.07, 6.45) is -5.04. The van der Waals surface area contributed by atoms with Crippen molar-refractivity contribution in [2.75, 3.05) is 7.11 Å². The lowest BCUT2D eigenvalue weighted by atomic mass is 9.91. The van der Waals surface area contributed by atoms with Crippen LogP contribution in [0.2, 0.25) is 0 Å². The molecule has 0 aromatic heterocycles. The molecule has 1 rings (SSSR count). The van der Waals surface area contributed by atoms with E-state index in [-0.39, 0.29) is 0 Å². The van der Waals surface area contributed by atoms with Gasteiger partial charge in [0.1, 0.15) is 0 Å². The molecule has 1 unspecified atom stereocenters. The zero-order chi connectivity index (χ0) is 13.3. The highest BCUT2D eigenvalue weighted by Gasteiger charge is 2.63. The van der Waals surface area contributed by atoms with Crippen molar-refractivity contribution in [1.29, 1.82) is 0 Å². The Morgan fingerprint density at radius 1 is 1.35 bits per heavy atom. The van der Waals surface area contributed by atoms with Crippen molar-refractivity contribution in [3.63, 3.8) is 0 Å². The third-order valence-electron chi connectivity index (χ3n) is 2.43. The molecular weight excluding hydrogens is 237 g/mol. The molecule has 0 radical (unpaired) electrons. The molecule has 1 atom stereocenters. The van der Waals surface area contributed by atoms with Crippen LogP contribution >= 0.6 is 0 Å². The molecule has 0 amide bonds. The summed E-state index contributed by atoms with van der Waals surface area (Å²) in [5.41, 5.74) is -3.24. The van der Waals surface area contributed by atoms with Gasteiger partial charge >= 0.3 is 12.1 Å². The fourth-order valence-corrected chi connectivity index (χ4v) is 1.59. The highest BCUT2D eigenvalue weighted by atomic mass is 19.4. The second-order valence-corrected chi connectivity index (χ2v) is 3.56. The standard InChI is InChI=1S/C11H11F3O3/c1-7-4-3-5-8(6-7)10(17-2,9(15)16)11(12,13)14/h3-6H,1-2H3,(H,15,16). The summed E-state index contributed by atoms with van der Waals surface area (Å²) in [5.74, 6) is -2.09. The van der Waals surface area contributed by atoms with E-state index in [1.807, 2.05) is 0 Å². The number of benzene rings is 1. The maximum absolute atomic E-state index is 12.9. The molecule has 0 bridgehead atoms. The Morgan fingerprint density at radius 3 is 2.29 bits per heavy atom. The van der Waals surface area contributed by atoms with Gasteiger partial charge in [-0.15, -0.1) is 0 Å². The van der Waals surface area contributed by atoms with Crippen LogP contribution in [0.3, 0.4) is 0 Å². The number of hydrogen-bond acceptors (Lipinski definition) is 2. The van der Waals surface area contributed by atoms with Crippen LogP contribution in [0.1, 0.15) is 11.1 Å². The predicted molar refractivity (Wildman–Crippen MR) is 53.6 cm³/mol. The third kappa shape index (κ3) is 2.12. The van der Waals surface area contributed by atoms with Gasteiger partial charge in [0.25, 0.3) is 5.60 Å². The molecule has 1 aromatic rings. The second kappa shape index (κ2) is 4.37. The number of hydrogen-bond donors (Lipinski definition) is 1. The lowest BCUT2D eigenvalue weighted by molar-refractivity contribution is -0.273. The molecule has 1 N–H and O–H groups in total. The van der Waals surface area contributed by atoms with Crippen LogP contribution in [-0.2, 0) is 15.1 Å². The first-order valence-electron chi connectivity index (χ1n) is 4.68. The minimum Gasteiger partial charge on any atom is -0.479 e. The first-order valence-corrected chi connectivity index (χ1v) is 4.68. The Balaban J connectivity index is 3.49. The molecule has 94 valence electrons. The van der Waals surface area contributed by atoms with E-state index in [2.05, 4.69) is 4.74 Å². The van der Waals surface area contributed by atoms with Crippen molar-refractivity contribution >= 4 is 5.97 Å². The fraction of sp³-hybridized carbons (Fsp3) is 0.364. The number of methoxy groups -OCH3 is 1. The van der Waals surface area contributed by atoms with Gasteiger partial charge in [0.05, 0.1) is 0 Å². The van der Waals surface area contributed by atoms with E-state index >= 15 is 0 Å². The van der Waals surface area contributed by atoms with Gasteiger partial charge in [-0.2, -0.15) is 13.2 Å². The Labute approximate surface area is 95.8 Å². The lowest BCUT2D eigenvalue weighted by Gasteiger charge is -2.30. The maximum Gasteiger partial charge on any atom is 0.432 e. The molecule has 0 fully saturated rings. The number of carboxylic acid groups (broad SMARTS) is 1. The molecule has 6 heteroatoms. The minimum absolute atomic E-state index is 0.444. The van der Waals surface area contributed by atoms with Crippen molar-refractivity contribution in [1.82, 2.24) is 0 Å². The van der Waals surface area contributed by atoms with Crippen LogP contribution in [0.5, 0.6) is 0 Å². The van der Waals surface area contributed by atoms with E-state index in [4.69, 9.17) is 5.11 Å². The summed E-state index contributed by atoms with van der Waals surface area (Å²) in [6.45, 7) is 1.57. The van der Waals surface area contributed by atoms with Crippen molar-refractivity contribution in [2.24, 2.45) is 0 Å². The van der Waals surface area contributed by atoms with Gasteiger partial charge in [-0.1, -0.05) is 29.8 Å². The van der Waals surface area contributed by atoms with Crippen LogP contribution in [0.4, 0.5) is 13.2 Å². The summed E-state index contributed by atoms with van der Waals surface area (Å²) < 4.78 is 43.1. The number of carboxylic acids is 1. The van der Waals surface area contributed by atoms with Gasteiger partial charge in [-0.3, -0.25) is 0 Å². The number of alkyl halides is 3. The van der Waals surface area contributed by atoms with E-state index in [1.165, 1.54) is 6.07 Å². The first kappa shape index (κ1) is 13.5. The Morgan fingerprint density at radius 2 is 1.94 bits per heavy atom. The molecular formula is C11H11F3O3. The van der Waals surface area contributed by atoms with E-state index in [0.29, 0.717) is 5.56 Å². The van der Waals surface area contributed by atoms with Gasteiger partial charge in [0.2, 0.25) is 0 Å². The zero-order valence-corrected chi connectivity index (χ0v) is 9.21. The SMILES string of the molecule is COC(C(=O)O)(c1cccc(C)c1)C(F)(F)F. The van der Waals surface area contributed by atoms with Crippen molar-refractivity contribution in [3.8, 4) is 0 Å². The number of halogens is 3. The van der Waals surface area contributed by atoms with Crippen molar-refractivity contribution < 1.29 is 27.8 Å². The number of ether oxygens (including phenoxy) is 1. The van der Waals surface area contributed by atoms with Gasteiger partial charge in [-0.05, 0) is 6.92 Å². The van der Waals surface area contributed by atoms with Gasteiger partial charge < -0.3 is 9.84 Å². The average Bonchev–Trinajstić information content (AvgIpc) is 2.16. The Kier molecular flexibility index (Phi) is 3.47. The minimum atomic E-state index is -5.04. The first-order chi connectivity index (χ1) is 7.75. The summed E-state index contributed by atoms with van der Waals surface area (Å²) in [6, 6.07) is 5.15. The molecule has 0 spiro atoms.